The van der Waals surface area contributed by atoms with E-state index >= 15 is 0 Å². The molecule has 0 rings (SSSR count). The van der Waals surface area contributed by atoms with E-state index in [2.05, 4.69) is 39.8 Å². The van der Waals surface area contributed by atoms with Crippen LogP contribution in [0.1, 0.15) is 336 Å². The highest BCUT2D eigenvalue weighted by Gasteiger charge is 2.07. The minimum absolute atomic E-state index is 1.14. The van der Waals surface area contributed by atoms with Crippen molar-refractivity contribution in [3.63, 3.8) is 0 Å². The van der Waals surface area contributed by atoms with Crippen LogP contribution >= 0.6 is 0 Å². The first-order valence-electron chi connectivity index (χ1n) is 27.3. The SMILES string of the molecule is CCCCCCCCCCCC=C(CCCCCCCCCCCCCCC)OC(=CCCCCCCCCCCC)CCCCCCCCCCCCCCC. The lowest BCUT2D eigenvalue weighted by Crippen LogP contribution is -1.97. The standard InChI is InChI=1S/C56H110O/c1-5-9-13-17-21-25-29-31-33-37-41-45-49-53-55(51-47-43-39-35-27-23-19-15-11-7-3)57-56(52-48-44-40-36-28-24-20-16-12-8-4)54-50-46-42-38-34-32-30-26-22-18-14-10-6-2/h51-52H,5-50,53-54H2,1-4H3. The molecule has 0 heterocycles. The second-order valence-corrected chi connectivity index (χ2v) is 18.7. The molecule has 0 saturated carbocycles. The van der Waals surface area contributed by atoms with Crippen molar-refractivity contribution in [3.8, 4) is 0 Å². The van der Waals surface area contributed by atoms with E-state index < -0.39 is 0 Å². The minimum atomic E-state index is 1.14. The maximum absolute atomic E-state index is 6.95. The third-order valence-corrected chi connectivity index (χ3v) is 12.7. The molecule has 0 aromatic carbocycles. The zero-order chi connectivity index (χ0) is 41.2. The highest BCUT2D eigenvalue weighted by Crippen LogP contribution is 2.24. The number of rotatable bonds is 50. The Balaban J connectivity index is 4.90. The highest BCUT2D eigenvalue weighted by molar-refractivity contribution is 5.03. The van der Waals surface area contributed by atoms with Gasteiger partial charge in [-0.15, -0.1) is 0 Å². The second kappa shape index (κ2) is 51.4. The molecule has 0 aromatic heterocycles. The van der Waals surface area contributed by atoms with Crippen LogP contribution in [0.15, 0.2) is 23.7 Å². The third-order valence-electron chi connectivity index (χ3n) is 12.7. The van der Waals surface area contributed by atoms with Crippen LogP contribution in [0.5, 0.6) is 0 Å². The van der Waals surface area contributed by atoms with E-state index in [1.807, 2.05) is 0 Å². The van der Waals surface area contributed by atoms with Gasteiger partial charge >= 0.3 is 0 Å². The molecule has 0 atom stereocenters. The fraction of sp³-hybridized carbons (Fsp3) is 0.929. The maximum Gasteiger partial charge on any atom is 0.0996 e. The minimum Gasteiger partial charge on any atom is -0.467 e. The molecule has 340 valence electrons. The van der Waals surface area contributed by atoms with Crippen molar-refractivity contribution in [1.82, 2.24) is 0 Å². The topological polar surface area (TPSA) is 9.23 Å². The van der Waals surface area contributed by atoms with Gasteiger partial charge in [0.1, 0.15) is 0 Å². The summed E-state index contributed by atoms with van der Waals surface area (Å²) in [5, 5.41) is 0. The summed E-state index contributed by atoms with van der Waals surface area (Å²) in [5.41, 5.74) is 0. The Morgan fingerprint density at radius 1 is 0.228 bits per heavy atom. The van der Waals surface area contributed by atoms with Gasteiger partial charge in [0.25, 0.3) is 0 Å². The molecule has 0 unspecified atom stereocenters. The van der Waals surface area contributed by atoms with Crippen molar-refractivity contribution >= 4 is 0 Å². The van der Waals surface area contributed by atoms with Crippen molar-refractivity contribution < 1.29 is 4.74 Å². The zero-order valence-corrected chi connectivity index (χ0v) is 40.5. The Kier molecular flexibility index (Phi) is 50.8. The van der Waals surface area contributed by atoms with Gasteiger partial charge in [-0.2, -0.15) is 0 Å². The van der Waals surface area contributed by atoms with E-state index in [1.54, 1.807) is 0 Å². The maximum atomic E-state index is 6.95. The monoisotopic (exact) mass is 799 g/mol. The second-order valence-electron chi connectivity index (χ2n) is 18.7. The summed E-state index contributed by atoms with van der Waals surface area (Å²) >= 11 is 0. The number of ether oxygens (including phenoxy) is 1. The van der Waals surface area contributed by atoms with Crippen LogP contribution in [-0.2, 0) is 4.74 Å². The summed E-state index contributed by atoms with van der Waals surface area (Å²) in [6.07, 6.45) is 72.0. The Morgan fingerprint density at radius 2 is 0.404 bits per heavy atom. The summed E-state index contributed by atoms with van der Waals surface area (Å²) < 4.78 is 6.95. The zero-order valence-electron chi connectivity index (χ0n) is 40.5. The van der Waals surface area contributed by atoms with E-state index in [9.17, 15) is 0 Å². The Labute approximate surface area is 363 Å². The molecular formula is C56H110O. The highest BCUT2D eigenvalue weighted by atomic mass is 16.5. The predicted octanol–water partition coefficient (Wildman–Crippen LogP) is 21.6. The number of hydrogen-bond acceptors (Lipinski definition) is 1. The molecule has 0 spiro atoms. The summed E-state index contributed by atoms with van der Waals surface area (Å²) in [6, 6.07) is 0. The van der Waals surface area contributed by atoms with Crippen LogP contribution in [0.25, 0.3) is 0 Å². The molecule has 0 fully saturated rings. The molecule has 0 aliphatic carbocycles. The molecule has 1 nitrogen and oxygen atoms in total. The van der Waals surface area contributed by atoms with Crippen molar-refractivity contribution in [2.75, 3.05) is 0 Å². The third kappa shape index (κ3) is 47.8. The Morgan fingerprint density at radius 3 is 0.614 bits per heavy atom. The molecule has 1 heteroatoms. The van der Waals surface area contributed by atoms with Crippen LogP contribution < -0.4 is 0 Å². The van der Waals surface area contributed by atoms with Crippen LogP contribution in [0.4, 0.5) is 0 Å². The van der Waals surface area contributed by atoms with Gasteiger partial charge in [-0.1, -0.05) is 285 Å². The van der Waals surface area contributed by atoms with Gasteiger partial charge in [0.15, 0.2) is 0 Å². The Bertz CT molecular complexity index is 714. The quantitative estimate of drug-likeness (QED) is 0.0440. The Hall–Kier alpha value is -0.720. The lowest BCUT2D eigenvalue weighted by molar-refractivity contribution is 0.266. The molecule has 0 N–H and O–H groups in total. The van der Waals surface area contributed by atoms with Crippen molar-refractivity contribution in [2.45, 2.75) is 336 Å². The first-order chi connectivity index (χ1) is 28.3. The van der Waals surface area contributed by atoms with Crippen molar-refractivity contribution in [3.05, 3.63) is 23.7 Å². The fourth-order valence-corrected chi connectivity index (χ4v) is 8.63. The summed E-state index contributed by atoms with van der Waals surface area (Å²) in [5.74, 6) is 2.62. The van der Waals surface area contributed by atoms with Crippen LogP contribution in [0.3, 0.4) is 0 Å². The lowest BCUT2D eigenvalue weighted by Gasteiger charge is -2.15. The first kappa shape index (κ1) is 56.3. The number of unbranched alkanes of at least 4 members (excludes halogenated alkanes) is 42. The van der Waals surface area contributed by atoms with Gasteiger partial charge in [-0.05, 0) is 50.7 Å². The summed E-state index contributed by atoms with van der Waals surface area (Å²) in [4.78, 5) is 0. The molecule has 0 aromatic rings. The lowest BCUT2D eigenvalue weighted by atomic mass is 10.0. The van der Waals surface area contributed by atoms with Crippen LogP contribution in [0, 0.1) is 0 Å². The van der Waals surface area contributed by atoms with Gasteiger partial charge in [0, 0.05) is 12.8 Å². The predicted molar refractivity (Wildman–Crippen MR) is 262 cm³/mol. The molecule has 57 heavy (non-hydrogen) atoms. The van der Waals surface area contributed by atoms with Gasteiger partial charge in [0.2, 0.25) is 0 Å². The van der Waals surface area contributed by atoms with Crippen molar-refractivity contribution in [2.24, 2.45) is 0 Å². The summed E-state index contributed by atoms with van der Waals surface area (Å²) in [7, 11) is 0. The first-order valence-corrected chi connectivity index (χ1v) is 27.3. The van der Waals surface area contributed by atoms with E-state index in [0.717, 1.165) is 12.8 Å². The molecule has 0 aliphatic rings. The molecular weight excluding hydrogens is 689 g/mol. The normalized spacial score (nSPS) is 12.3. The van der Waals surface area contributed by atoms with Gasteiger partial charge in [-0.25, -0.2) is 0 Å². The van der Waals surface area contributed by atoms with Gasteiger partial charge in [0.05, 0.1) is 11.5 Å². The van der Waals surface area contributed by atoms with Crippen LogP contribution in [0.2, 0.25) is 0 Å². The average Bonchev–Trinajstić information content (AvgIpc) is 3.22. The van der Waals surface area contributed by atoms with Crippen LogP contribution in [-0.4, -0.2) is 0 Å². The largest absolute Gasteiger partial charge is 0.467 e. The van der Waals surface area contributed by atoms with E-state index in [4.69, 9.17) is 4.74 Å². The van der Waals surface area contributed by atoms with E-state index in [0.29, 0.717) is 0 Å². The molecule has 0 radical (unpaired) electrons. The van der Waals surface area contributed by atoms with E-state index in [-0.39, 0.29) is 0 Å². The molecule has 0 aliphatic heterocycles. The average molecular weight is 799 g/mol. The summed E-state index contributed by atoms with van der Waals surface area (Å²) in [6.45, 7) is 9.28. The van der Waals surface area contributed by atoms with Crippen molar-refractivity contribution in [1.29, 1.82) is 0 Å². The molecule has 0 saturated heterocycles. The fourth-order valence-electron chi connectivity index (χ4n) is 8.63. The molecule has 0 bridgehead atoms. The van der Waals surface area contributed by atoms with Gasteiger partial charge < -0.3 is 4.74 Å². The van der Waals surface area contributed by atoms with Gasteiger partial charge in [-0.3, -0.25) is 0 Å². The number of allylic oxidation sites excluding steroid dienone is 4. The number of hydrogen-bond donors (Lipinski definition) is 0. The smallest absolute Gasteiger partial charge is 0.0996 e. The van der Waals surface area contributed by atoms with E-state index in [1.165, 1.54) is 307 Å². The molecule has 0 amide bonds.